The highest BCUT2D eigenvalue weighted by molar-refractivity contribution is 5.95. The Balaban J connectivity index is 2.14. The number of rotatable bonds is 4. The lowest BCUT2D eigenvalue weighted by molar-refractivity contribution is -0.0924. The van der Waals surface area contributed by atoms with E-state index in [9.17, 15) is 9.18 Å². The second-order valence-electron chi connectivity index (χ2n) is 4.84. The molecule has 1 aromatic rings. The van der Waals surface area contributed by atoms with Crippen molar-refractivity contribution < 1.29 is 18.7 Å². The van der Waals surface area contributed by atoms with E-state index in [-0.39, 0.29) is 11.2 Å². The maximum absolute atomic E-state index is 13.2. The summed E-state index contributed by atoms with van der Waals surface area (Å²) in [5.41, 5.74) is 0.831. The Morgan fingerprint density at radius 2 is 2.28 bits per heavy atom. The standard InChI is InChI=1S/C13H16FNO3/c1-13(7-18-8-13)6-15-11-5-9(14)3-4-10(11)12(16)17-2/h3-5,15H,6-8H2,1-2H3. The van der Waals surface area contributed by atoms with E-state index in [2.05, 4.69) is 17.0 Å². The van der Waals surface area contributed by atoms with Crippen molar-refractivity contribution in [3.05, 3.63) is 29.6 Å². The number of benzene rings is 1. The molecule has 1 aliphatic rings. The number of halogens is 1. The number of ether oxygens (including phenoxy) is 2. The van der Waals surface area contributed by atoms with Crippen LogP contribution in [-0.2, 0) is 9.47 Å². The van der Waals surface area contributed by atoms with Gasteiger partial charge in [0.05, 0.1) is 31.6 Å². The van der Waals surface area contributed by atoms with Gasteiger partial charge in [-0.1, -0.05) is 6.92 Å². The van der Waals surface area contributed by atoms with E-state index in [1.54, 1.807) is 0 Å². The summed E-state index contributed by atoms with van der Waals surface area (Å²) in [5, 5.41) is 3.09. The first-order chi connectivity index (χ1) is 8.54. The lowest BCUT2D eigenvalue weighted by Gasteiger charge is -2.38. The third-order valence-electron chi connectivity index (χ3n) is 2.99. The maximum Gasteiger partial charge on any atom is 0.339 e. The Morgan fingerprint density at radius 1 is 1.56 bits per heavy atom. The summed E-state index contributed by atoms with van der Waals surface area (Å²) in [7, 11) is 1.30. The minimum absolute atomic E-state index is 0.0414. The fourth-order valence-electron chi connectivity index (χ4n) is 1.81. The van der Waals surface area contributed by atoms with Gasteiger partial charge in [-0.2, -0.15) is 0 Å². The van der Waals surface area contributed by atoms with E-state index >= 15 is 0 Å². The van der Waals surface area contributed by atoms with Gasteiger partial charge in [-0.15, -0.1) is 0 Å². The molecular formula is C13H16FNO3. The van der Waals surface area contributed by atoms with Crippen LogP contribution in [0.25, 0.3) is 0 Å². The molecule has 0 unspecified atom stereocenters. The molecule has 0 saturated carbocycles. The van der Waals surface area contributed by atoms with Gasteiger partial charge in [-0.3, -0.25) is 0 Å². The van der Waals surface area contributed by atoms with Crippen LogP contribution in [0.3, 0.4) is 0 Å². The highest BCUT2D eigenvalue weighted by Crippen LogP contribution is 2.28. The van der Waals surface area contributed by atoms with Crippen LogP contribution >= 0.6 is 0 Å². The van der Waals surface area contributed by atoms with Gasteiger partial charge in [0.15, 0.2) is 0 Å². The molecular weight excluding hydrogens is 237 g/mol. The Bertz CT molecular complexity index is 458. The number of carbonyl (C=O) groups excluding carboxylic acids is 1. The zero-order chi connectivity index (χ0) is 13.2. The molecule has 0 atom stereocenters. The molecule has 0 radical (unpaired) electrons. The summed E-state index contributed by atoms with van der Waals surface area (Å²) in [6, 6.07) is 3.96. The van der Waals surface area contributed by atoms with E-state index in [1.807, 2.05) is 0 Å². The Morgan fingerprint density at radius 3 is 2.83 bits per heavy atom. The topological polar surface area (TPSA) is 47.6 Å². The first-order valence-corrected chi connectivity index (χ1v) is 5.74. The van der Waals surface area contributed by atoms with Crippen molar-refractivity contribution in [2.24, 2.45) is 5.41 Å². The molecule has 0 amide bonds. The molecule has 98 valence electrons. The van der Waals surface area contributed by atoms with Crippen molar-refractivity contribution in [3.8, 4) is 0 Å². The summed E-state index contributed by atoms with van der Waals surface area (Å²) in [4.78, 5) is 11.5. The molecule has 1 saturated heterocycles. The van der Waals surface area contributed by atoms with Gasteiger partial charge in [-0.05, 0) is 18.2 Å². The predicted octanol–water partition coefficient (Wildman–Crippen LogP) is 2.06. The lowest BCUT2D eigenvalue weighted by Crippen LogP contribution is -2.45. The van der Waals surface area contributed by atoms with Crippen molar-refractivity contribution in [1.29, 1.82) is 0 Å². The number of hydrogen-bond acceptors (Lipinski definition) is 4. The largest absolute Gasteiger partial charge is 0.465 e. The van der Waals surface area contributed by atoms with Crippen LogP contribution in [0, 0.1) is 11.2 Å². The van der Waals surface area contributed by atoms with Crippen LogP contribution < -0.4 is 5.32 Å². The number of anilines is 1. The number of carbonyl (C=O) groups is 1. The summed E-state index contributed by atoms with van der Waals surface area (Å²) >= 11 is 0. The first kappa shape index (κ1) is 12.8. The SMILES string of the molecule is COC(=O)c1ccc(F)cc1NCC1(C)COC1. The van der Waals surface area contributed by atoms with Gasteiger partial charge in [0.1, 0.15) is 5.82 Å². The molecule has 1 heterocycles. The van der Waals surface area contributed by atoms with Crippen molar-refractivity contribution in [3.63, 3.8) is 0 Å². The zero-order valence-electron chi connectivity index (χ0n) is 10.5. The van der Waals surface area contributed by atoms with Crippen molar-refractivity contribution >= 4 is 11.7 Å². The Kier molecular flexibility index (Phi) is 3.52. The molecule has 1 fully saturated rings. The smallest absolute Gasteiger partial charge is 0.339 e. The first-order valence-electron chi connectivity index (χ1n) is 5.74. The lowest BCUT2D eigenvalue weighted by atomic mass is 9.88. The zero-order valence-corrected chi connectivity index (χ0v) is 10.5. The van der Waals surface area contributed by atoms with Crippen molar-refractivity contribution in [2.75, 3.05) is 32.2 Å². The summed E-state index contributed by atoms with van der Waals surface area (Å²) < 4.78 is 23.0. The molecule has 1 aromatic carbocycles. The summed E-state index contributed by atoms with van der Waals surface area (Å²) in [6.45, 7) is 4.03. The molecule has 0 aliphatic carbocycles. The Labute approximate surface area is 105 Å². The molecule has 1 aliphatic heterocycles. The van der Waals surface area contributed by atoms with E-state index in [1.165, 1.54) is 25.3 Å². The molecule has 18 heavy (non-hydrogen) atoms. The number of nitrogens with one attached hydrogen (secondary N) is 1. The molecule has 4 nitrogen and oxygen atoms in total. The van der Waals surface area contributed by atoms with E-state index in [0.29, 0.717) is 31.0 Å². The fourth-order valence-corrected chi connectivity index (χ4v) is 1.81. The van der Waals surface area contributed by atoms with Crippen LogP contribution in [0.15, 0.2) is 18.2 Å². The summed E-state index contributed by atoms with van der Waals surface area (Å²) in [6.07, 6.45) is 0. The van der Waals surface area contributed by atoms with Crippen molar-refractivity contribution in [2.45, 2.75) is 6.92 Å². The van der Waals surface area contributed by atoms with E-state index in [0.717, 1.165) is 0 Å². The minimum atomic E-state index is -0.479. The van der Waals surface area contributed by atoms with Gasteiger partial charge in [0, 0.05) is 12.0 Å². The van der Waals surface area contributed by atoms with Crippen molar-refractivity contribution in [1.82, 2.24) is 0 Å². The average Bonchev–Trinajstić information content (AvgIpc) is 2.33. The fraction of sp³-hybridized carbons (Fsp3) is 0.462. The highest BCUT2D eigenvalue weighted by atomic mass is 19.1. The molecule has 0 bridgehead atoms. The summed E-state index contributed by atoms with van der Waals surface area (Å²) in [5.74, 6) is -0.868. The average molecular weight is 253 g/mol. The van der Waals surface area contributed by atoms with Crippen LogP contribution in [0.2, 0.25) is 0 Å². The second-order valence-corrected chi connectivity index (χ2v) is 4.84. The number of hydrogen-bond donors (Lipinski definition) is 1. The van der Waals surface area contributed by atoms with Gasteiger partial charge in [0.2, 0.25) is 0 Å². The minimum Gasteiger partial charge on any atom is -0.465 e. The molecule has 5 heteroatoms. The highest BCUT2D eigenvalue weighted by Gasteiger charge is 2.33. The quantitative estimate of drug-likeness (QED) is 0.834. The molecule has 2 rings (SSSR count). The normalized spacial score (nSPS) is 16.8. The van der Waals surface area contributed by atoms with Crippen LogP contribution in [0.5, 0.6) is 0 Å². The monoisotopic (exact) mass is 253 g/mol. The van der Waals surface area contributed by atoms with Crippen LogP contribution in [0.1, 0.15) is 17.3 Å². The second kappa shape index (κ2) is 4.94. The molecule has 0 aromatic heterocycles. The van der Waals surface area contributed by atoms with E-state index in [4.69, 9.17) is 4.74 Å². The van der Waals surface area contributed by atoms with Crippen LogP contribution in [-0.4, -0.2) is 32.8 Å². The van der Waals surface area contributed by atoms with Gasteiger partial charge >= 0.3 is 5.97 Å². The molecule has 0 spiro atoms. The number of esters is 1. The van der Waals surface area contributed by atoms with E-state index < -0.39 is 5.97 Å². The predicted molar refractivity (Wildman–Crippen MR) is 65.2 cm³/mol. The Hall–Kier alpha value is -1.62. The number of methoxy groups -OCH3 is 1. The third-order valence-corrected chi connectivity index (χ3v) is 2.99. The van der Waals surface area contributed by atoms with Gasteiger partial charge in [-0.25, -0.2) is 9.18 Å². The maximum atomic E-state index is 13.2. The molecule has 1 N–H and O–H groups in total. The van der Waals surface area contributed by atoms with Gasteiger partial charge < -0.3 is 14.8 Å². The van der Waals surface area contributed by atoms with Crippen LogP contribution in [0.4, 0.5) is 10.1 Å². The van der Waals surface area contributed by atoms with Gasteiger partial charge in [0.25, 0.3) is 0 Å². The third kappa shape index (κ3) is 2.61.